The first kappa shape index (κ1) is 18.5. The number of benzene rings is 2. The van der Waals surface area contributed by atoms with Gasteiger partial charge < -0.3 is 10.5 Å². The highest BCUT2D eigenvalue weighted by Crippen LogP contribution is 2.33. The Morgan fingerprint density at radius 1 is 1.31 bits per heavy atom. The summed E-state index contributed by atoms with van der Waals surface area (Å²) in [5.74, 6) is -0.333. The first-order chi connectivity index (χ1) is 12.3. The van der Waals surface area contributed by atoms with E-state index in [0.717, 1.165) is 17.7 Å². The summed E-state index contributed by atoms with van der Waals surface area (Å²) in [6, 6.07) is 10.1. The second kappa shape index (κ2) is 7.15. The van der Waals surface area contributed by atoms with E-state index in [1.807, 2.05) is 24.3 Å². The number of ether oxygens (including phenoxy) is 1. The fourth-order valence-electron chi connectivity index (χ4n) is 3.06. The van der Waals surface area contributed by atoms with E-state index in [1.54, 1.807) is 14.0 Å². The Labute approximate surface area is 153 Å². The summed E-state index contributed by atoms with van der Waals surface area (Å²) in [5, 5.41) is 0. The van der Waals surface area contributed by atoms with Crippen LogP contribution in [-0.2, 0) is 17.2 Å². The van der Waals surface area contributed by atoms with E-state index in [0.29, 0.717) is 12.2 Å². The molecule has 0 saturated heterocycles. The third kappa shape index (κ3) is 3.49. The average molecular weight is 378 g/mol. The van der Waals surface area contributed by atoms with Gasteiger partial charge in [0.2, 0.25) is 0 Å². The van der Waals surface area contributed by atoms with Gasteiger partial charge in [0.15, 0.2) is 0 Å². The van der Waals surface area contributed by atoms with Crippen LogP contribution in [0, 0.1) is 11.6 Å². The van der Waals surface area contributed by atoms with Crippen LogP contribution in [0.2, 0.25) is 0 Å². The fraction of sp³-hybridized carbons (Fsp3) is 0.316. The number of halogens is 2. The first-order valence-corrected chi connectivity index (χ1v) is 9.45. The Bertz CT molecular complexity index is 888. The molecule has 0 spiro atoms. The number of hydrogen-bond donors (Lipinski definition) is 1. The molecule has 1 heterocycles. The molecule has 2 aromatic rings. The van der Waals surface area contributed by atoms with Crippen LogP contribution < -0.4 is 10.5 Å². The maximum Gasteiger partial charge on any atom is 0.131 e. The molecule has 3 rings (SSSR count). The van der Waals surface area contributed by atoms with Crippen molar-refractivity contribution < 1.29 is 17.7 Å². The monoisotopic (exact) mass is 378 g/mol. The minimum atomic E-state index is -1.38. The number of amidine groups is 1. The zero-order chi connectivity index (χ0) is 18.9. The Morgan fingerprint density at radius 2 is 2.08 bits per heavy atom. The Balaban J connectivity index is 1.91. The maximum atomic E-state index is 14.0. The molecule has 3 atom stereocenters. The van der Waals surface area contributed by atoms with Crippen LogP contribution in [0.1, 0.15) is 24.1 Å². The topological polar surface area (TPSA) is 64.7 Å². The number of nitrogens with zero attached hydrogens (tertiary/aromatic N) is 1. The summed E-state index contributed by atoms with van der Waals surface area (Å²) in [7, 11) is 0.197. The summed E-state index contributed by atoms with van der Waals surface area (Å²) in [6.07, 6.45) is 0.421. The van der Waals surface area contributed by atoms with Crippen molar-refractivity contribution in [1.29, 1.82) is 0 Å². The summed E-state index contributed by atoms with van der Waals surface area (Å²) < 4.78 is 44.5. The van der Waals surface area contributed by atoms with Gasteiger partial charge in [0.1, 0.15) is 28.0 Å². The van der Waals surface area contributed by atoms with Gasteiger partial charge in [-0.05, 0) is 37.1 Å². The van der Waals surface area contributed by atoms with Gasteiger partial charge in [0.25, 0.3) is 0 Å². The molecule has 2 aromatic carbocycles. The molecule has 0 amide bonds. The lowest BCUT2D eigenvalue weighted by molar-refractivity contribution is 0.414. The van der Waals surface area contributed by atoms with Gasteiger partial charge in [-0.1, -0.05) is 18.2 Å². The molecule has 1 aliphatic heterocycles. The molecule has 0 aromatic heterocycles. The van der Waals surface area contributed by atoms with Gasteiger partial charge in [-0.2, -0.15) is 0 Å². The lowest BCUT2D eigenvalue weighted by atomic mass is 9.98. The van der Waals surface area contributed by atoms with E-state index in [9.17, 15) is 13.0 Å². The van der Waals surface area contributed by atoms with Crippen molar-refractivity contribution in [2.45, 2.75) is 24.1 Å². The molecular formula is C19H20F2N2O2S. The van der Waals surface area contributed by atoms with Crippen LogP contribution in [0.25, 0.3) is 0 Å². The summed E-state index contributed by atoms with van der Waals surface area (Å²) in [5.41, 5.74) is 7.28. The summed E-state index contributed by atoms with van der Waals surface area (Å²) in [4.78, 5) is 4.39. The molecule has 2 unspecified atom stereocenters. The van der Waals surface area contributed by atoms with E-state index in [1.165, 1.54) is 6.07 Å². The number of methoxy groups -OCH3 is 1. The molecule has 138 valence electrons. The average Bonchev–Trinajstić information content (AvgIpc) is 2.60. The first-order valence-electron chi connectivity index (χ1n) is 8.13. The van der Waals surface area contributed by atoms with Crippen molar-refractivity contribution in [3.8, 4) is 5.75 Å². The van der Waals surface area contributed by atoms with E-state index < -0.39 is 33.2 Å². The standard InChI is InChI=1S/C19H20F2N2O2S/c1-19(10-12-4-3-5-14(8-12)25-2)18(22)23-17(11-26(19)24)15-7-6-13(20)9-16(15)21/h3-9,17H,10-11H2,1-2H3,(H2,22,23)/t17?,19-,26?/m1/s1. The van der Waals surface area contributed by atoms with Crippen LogP contribution >= 0.6 is 0 Å². The molecular weight excluding hydrogens is 358 g/mol. The second-order valence-corrected chi connectivity index (χ2v) is 8.39. The maximum absolute atomic E-state index is 14.0. The third-order valence-electron chi connectivity index (χ3n) is 4.65. The Hall–Kier alpha value is -2.28. The van der Waals surface area contributed by atoms with E-state index in [-0.39, 0.29) is 17.2 Å². The van der Waals surface area contributed by atoms with Crippen LogP contribution in [0.3, 0.4) is 0 Å². The van der Waals surface area contributed by atoms with Gasteiger partial charge >= 0.3 is 0 Å². The molecule has 7 heteroatoms. The van der Waals surface area contributed by atoms with Crippen molar-refractivity contribution in [2.75, 3.05) is 12.9 Å². The number of hydrogen-bond acceptors (Lipinski definition) is 4. The minimum absolute atomic E-state index is 0.129. The largest absolute Gasteiger partial charge is 0.497 e. The number of aliphatic imine (C=N–C) groups is 1. The summed E-state index contributed by atoms with van der Waals surface area (Å²) in [6.45, 7) is 1.79. The molecule has 2 N–H and O–H groups in total. The molecule has 1 aliphatic rings. The second-order valence-electron chi connectivity index (χ2n) is 6.47. The zero-order valence-corrected chi connectivity index (χ0v) is 15.4. The number of rotatable bonds is 4. The van der Waals surface area contributed by atoms with Gasteiger partial charge in [0.05, 0.1) is 18.9 Å². The van der Waals surface area contributed by atoms with E-state index >= 15 is 0 Å². The van der Waals surface area contributed by atoms with Crippen LogP contribution in [0.4, 0.5) is 8.78 Å². The minimum Gasteiger partial charge on any atom is -0.497 e. The van der Waals surface area contributed by atoms with E-state index in [2.05, 4.69) is 4.99 Å². The normalized spacial score (nSPS) is 25.6. The van der Waals surface area contributed by atoms with Gasteiger partial charge in [0, 0.05) is 22.4 Å². The van der Waals surface area contributed by atoms with Gasteiger partial charge in [-0.15, -0.1) is 0 Å². The van der Waals surface area contributed by atoms with Crippen LogP contribution in [0.5, 0.6) is 5.75 Å². The van der Waals surface area contributed by atoms with Crippen molar-refractivity contribution in [1.82, 2.24) is 0 Å². The molecule has 26 heavy (non-hydrogen) atoms. The molecule has 0 fully saturated rings. The molecule has 0 saturated carbocycles. The highest BCUT2D eigenvalue weighted by Gasteiger charge is 2.41. The quantitative estimate of drug-likeness (QED) is 0.889. The smallest absolute Gasteiger partial charge is 0.131 e. The van der Waals surface area contributed by atoms with E-state index in [4.69, 9.17) is 10.5 Å². The Morgan fingerprint density at radius 3 is 2.73 bits per heavy atom. The zero-order valence-electron chi connectivity index (χ0n) is 14.5. The van der Waals surface area contributed by atoms with Crippen molar-refractivity contribution >= 4 is 16.6 Å². The fourth-order valence-corrected chi connectivity index (χ4v) is 4.58. The molecule has 4 nitrogen and oxygen atoms in total. The molecule has 0 aliphatic carbocycles. The van der Waals surface area contributed by atoms with Crippen molar-refractivity contribution in [3.63, 3.8) is 0 Å². The molecule has 0 radical (unpaired) electrons. The molecule has 0 bridgehead atoms. The van der Waals surface area contributed by atoms with Crippen molar-refractivity contribution in [3.05, 3.63) is 65.2 Å². The number of nitrogens with two attached hydrogens (primary N) is 1. The van der Waals surface area contributed by atoms with Gasteiger partial charge in [-0.3, -0.25) is 9.20 Å². The highest BCUT2D eigenvalue weighted by molar-refractivity contribution is 7.87. The lowest BCUT2D eigenvalue weighted by Gasteiger charge is -2.34. The lowest BCUT2D eigenvalue weighted by Crippen LogP contribution is -2.51. The predicted octanol–water partition coefficient (Wildman–Crippen LogP) is 3.14. The van der Waals surface area contributed by atoms with Crippen molar-refractivity contribution in [2.24, 2.45) is 10.7 Å². The van der Waals surface area contributed by atoms with Crippen LogP contribution in [0.15, 0.2) is 47.5 Å². The summed E-state index contributed by atoms with van der Waals surface area (Å²) >= 11 is 0. The van der Waals surface area contributed by atoms with Crippen LogP contribution in [-0.4, -0.2) is 27.7 Å². The SMILES string of the molecule is COc1cccc(C[C@]2(C)C(N)=NC(c3ccc(F)cc3F)CS2=O)c1. The Kier molecular flexibility index (Phi) is 5.09. The predicted molar refractivity (Wildman–Crippen MR) is 98.8 cm³/mol. The third-order valence-corrected chi connectivity index (χ3v) is 6.62. The highest BCUT2D eigenvalue weighted by atomic mass is 32.2. The van der Waals surface area contributed by atoms with Gasteiger partial charge in [-0.25, -0.2) is 8.78 Å².